The average molecular weight is 281 g/mol. The molecule has 0 bridgehead atoms. The van der Waals surface area contributed by atoms with Crippen LogP contribution in [-0.2, 0) is 4.74 Å². The number of rotatable bonds is 9. The maximum absolute atomic E-state index is 12.3. The SMILES string of the molecule is CCCNc1ccc(C(=O)N(CCO)CCOC)cn1. The smallest absolute Gasteiger partial charge is 0.255 e. The van der Waals surface area contributed by atoms with Crippen LogP contribution in [0.1, 0.15) is 23.7 Å². The van der Waals surface area contributed by atoms with Crippen LogP contribution in [0, 0.1) is 0 Å². The van der Waals surface area contributed by atoms with Crippen molar-refractivity contribution in [1.82, 2.24) is 9.88 Å². The third-order valence-corrected chi connectivity index (χ3v) is 2.79. The second-order valence-corrected chi connectivity index (χ2v) is 4.37. The number of hydrogen-bond acceptors (Lipinski definition) is 5. The molecule has 0 aliphatic carbocycles. The largest absolute Gasteiger partial charge is 0.395 e. The molecule has 20 heavy (non-hydrogen) atoms. The van der Waals surface area contributed by atoms with Gasteiger partial charge in [0.15, 0.2) is 0 Å². The molecule has 0 unspecified atom stereocenters. The summed E-state index contributed by atoms with van der Waals surface area (Å²) in [5, 5.41) is 12.2. The number of carbonyl (C=O) groups excluding carboxylic acids is 1. The fourth-order valence-electron chi connectivity index (χ4n) is 1.70. The van der Waals surface area contributed by atoms with Gasteiger partial charge in [-0.2, -0.15) is 0 Å². The van der Waals surface area contributed by atoms with E-state index in [1.54, 1.807) is 30.3 Å². The summed E-state index contributed by atoms with van der Waals surface area (Å²) in [7, 11) is 1.58. The van der Waals surface area contributed by atoms with Crippen molar-refractivity contribution in [2.75, 3.05) is 45.3 Å². The highest BCUT2D eigenvalue weighted by molar-refractivity contribution is 5.94. The van der Waals surface area contributed by atoms with Gasteiger partial charge in [0.25, 0.3) is 5.91 Å². The molecule has 6 heteroatoms. The fraction of sp³-hybridized carbons (Fsp3) is 0.571. The molecule has 1 heterocycles. The van der Waals surface area contributed by atoms with Crippen LogP contribution in [0.15, 0.2) is 18.3 Å². The molecule has 0 saturated heterocycles. The highest BCUT2D eigenvalue weighted by Crippen LogP contribution is 2.08. The van der Waals surface area contributed by atoms with Crippen molar-refractivity contribution < 1.29 is 14.6 Å². The van der Waals surface area contributed by atoms with Crippen molar-refractivity contribution >= 4 is 11.7 Å². The molecule has 0 saturated carbocycles. The monoisotopic (exact) mass is 281 g/mol. The molecule has 0 spiro atoms. The second kappa shape index (κ2) is 9.28. The molecule has 6 nitrogen and oxygen atoms in total. The summed E-state index contributed by atoms with van der Waals surface area (Å²) in [6.07, 6.45) is 2.57. The van der Waals surface area contributed by atoms with Crippen LogP contribution in [0.5, 0.6) is 0 Å². The zero-order valence-electron chi connectivity index (χ0n) is 12.1. The number of aromatic nitrogens is 1. The van der Waals surface area contributed by atoms with E-state index in [2.05, 4.69) is 17.2 Å². The Balaban J connectivity index is 2.67. The molecule has 0 aliphatic rings. The average Bonchev–Trinajstić information content (AvgIpc) is 2.49. The van der Waals surface area contributed by atoms with Crippen molar-refractivity contribution in [1.29, 1.82) is 0 Å². The Hall–Kier alpha value is -1.66. The number of carbonyl (C=O) groups is 1. The van der Waals surface area contributed by atoms with Gasteiger partial charge < -0.3 is 20.1 Å². The zero-order valence-corrected chi connectivity index (χ0v) is 12.1. The van der Waals surface area contributed by atoms with Crippen molar-refractivity contribution in [2.45, 2.75) is 13.3 Å². The Morgan fingerprint density at radius 1 is 1.45 bits per heavy atom. The van der Waals surface area contributed by atoms with Gasteiger partial charge in [-0.1, -0.05) is 6.92 Å². The maximum Gasteiger partial charge on any atom is 0.255 e. The van der Waals surface area contributed by atoms with E-state index < -0.39 is 0 Å². The van der Waals surface area contributed by atoms with Gasteiger partial charge in [0.2, 0.25) is 0 Å². The molecule has 0 radical (unpaired) electrons. The van der Waals surface area contributed by atoms with E-state index in [1.165, 1.54) is 0 Å². The number of amides is 1. The number of anilines is 1. The van der Waals surface area contributed by atoms with Crippen LogP contribution in [0.2, 0.25) is 0 Å². The van der Waals surface area contributed by atoms with Crippen molar-refractivity contribution in [3.05, 3.63) is 23.9 Å². The molecule has 2 N–H and O–H groups in total. The van der Waals surface area contributed by atoms with Crippen LogP contribution in [0.3, 0.4) is 0 Å². The normalized spacial score (nSPS) is 10.3. The first-order valence-electron chi connectivity index (χ1n) is 6.82. The van der Waals surface area contributed by atoms with Gasteiger partial charge in [-0.15, -0.1) is 0 Å². The van der Waals surface area contributed by atoms with Crippen LogP contribution < -0.4 is 5.32 Å². The van der Waals surface area contributed by atoms with E-state index in [0.29, 0.717) is 18.7 Å². The van der Waals surface area contributed by atoms with E-state index in [9.17, 15) is 4.79 Å². The second-order valence-electron chi connectivity index (χ2n) is 4.37. The molecule has 1 amide bonds. The van der Waals surface area contributed by atoms with Gasteiger partial charge in [0.05, 0.1) is 18.8 Å². The van der Waals surface area contributed by atoms with Gasteiger partial charge in [0.1, 0.15) is 5.82 Å². The van der Waals surface area contributed by atoms with Crippen molar-refractivity contribution in [2.24, 2.45) is 0 Å². The van der Waals surface area contributed by atoms with Crippen LogP contribution in [0.4, 0.5) is 5.82 Å². The minimum Gasteiger partial charge on any atom is -0.395 e. The van der Waals surface area contributed by atoms with Crippen LogP contribution in [0.25, 0.3) is 0 Å². The fourth-order valence-corrected chi connectivity index (χ4v) is 1.70. The summed E-state index contributed by atoms with van der Waals surface area (Å²) >= 11 is 0. The minimum atomic E-state index is -0.148. The Kier molecular flexibility index (Phi) is 7.60. The lowest BCUT2D eigenvalue weighted by molar-refractivity contribution is 0.0656. The molecule has 0 atom stereocenters. The molecule has 0 aromatic carbocycles. The van der Waals surface area contributed by atoms with Crippen LogP contribution in [-0.4, -0.2) is 60.9 Å². The minimum absolute atomic E-state index is 0.0704. The number of aliphatic hydroxyl groups is 1. The molecular weight excluding hydrogens is 258 g/mol. The third-order valence-electron chi connectivity index (χ3n) is 2.79. The molecule has 0 aliphatic heterocycles. The van der Waals surface area contributed by atoms with E-state index >= 15 is 0 Å². The number of nitrogens with zero attached hydrogens (tertiary/aromatic N) is 2. The summed E-state index contributed by atoms with van der Waals surface area (Å²) < 4.78 is 4.97. The van der Waals surface area contributed by atoms with E-state index in [0.717, 1.165) is 18.8 Å². The van der Waals surface area contributed by atoms with Crippen molar-refractivity contribution in [3.8, 4) is 0 Å². The maximum atomic E-state index is 12.3. The van der Waals surface area contributed by atoms with Gasteiger partial charge in [-0.05, 0) is 18.6 Å². The third kappa shape index (κ3) is 5.14. The van der Waals surface area contributed by atoms with E-state index in [1.807, 2.05) is 0 Å². The Labute approximate surface area is 119 Å². The first kappa shape index (κ1) is 16.4. The Bertz CT molecular complexity index is 395. The van der Waals surface area contributed by atoms with E-state index in [-0.39, 0.29) is 19.1 Å². The lowest BCUT2D eigenvalue weighted by Gasteiger charge is -2.21. The number of ether oxygens (including phenoxy) is 1. The zero-order chi connectivity index (χ0) is 14.8. The van der Waals surface area contributed by atoms with Gasteiger partial charge in [0, 0.05) is 32.9 Å². The predicted molar refractivity (Wildman–Crippen MR) is 77.9 cm³/mol. The standard InChI is InChI=1S/C14H23N3O3/c1-3-6-15-13-5-4-12(11-16-13)14(19)17(7-9-18)8-10-20-2/h4-5,11,18H,3,6-10H2,1-2H3,(H,15,16). The summed E-state index contributed by atoms with van der Waals surface area (Å²) in [5.41, 5.74) is 0.511. The number of aliphatic hydroxyl groups excluding tert-OH is 1. The molecule has 1 aromatic rings. The Morgan fingerprint density at radius 3 is 2.80 bits per heavy atom. The molecule has 112 valence electrons. The molecule has 1 rings (SSSR count). The highest BCUT2D eigenvalue weighted by atomic mass is 16.5. The number of hydrogen-bond donors (Lipinski definition) is 2. The highest BCUT2D eigenvalue weighted by Gasteiger charge is 2.15. The van der Waals surface area contributed by atoms with Crippen LogP contribution >= 0.6 is 0 Å². The summed E-state index contributed by atoms with van der Waals surface area (Å²) in [4.78, 5) is 18.0. The first-order chi connectivity index (χ1) is 9.72. The van der Waals surface area contributed by atoms with E-state index in [4.69, 9.17) is 9.84 Å². The molecule has 0 fully saturated rings. The Morgan fingerprint density at radius 2 is 2.25 bits per heavy atom. The molecular formula is C14H23N3O3. The first-order valence-corrected chi connectivity index (χ1v) is 6.82. The number of pyridine rings is 1. The lowest BCUT2D eigenvalue weighted by atomic mass is 10.2. The lowest BCUT2D eigenvalue weighted by Crippen LogP contribution is -2.36. The number of nitrogens with one attached hydrogen (secondary N) is 1. The summed E-state index contributed by atoms with van der Waals surface area (Å²) in [5.74, 6) is 0.611. The topological polar surface area (TPSA) is 74.7 Å². The quantitative estimate of drug-likeness (QED) is 0.706. The van der Waals surface area contributed by atoms with Gasteiger partial charge >= 0.3 is 0 Å². The predicted octanol–water partition coefficient (Wildman–Crippen LogP) is 0.984. The van der Waals surface area contributed by atoms with Gasteiger partial charge in [-0.3, -0.25) is 4.79 Å². The summed E-state index contributed by atoms with van der Waals surface area (Å²) in [6.45, 7) is 4.04. The van der Waals surface area contributed by atoms with Gasteiger partial charge in [-0.25, -0.2) is 4.98 Å². The molecule has 1 aromatic heterocycles. The van der Waals surface area contributed by atoms with Crippen molar-refractivity contribution in [3.63, 3.8) is 0 Å². The number of methoxy groups -OCH3 is 1. The summed E-state index contributed by atoms with van der Waals surface area (Å²) in [6, 6.07) is 3.53.